The molecular formula is C9H14ClN3S2. The number of hydrogen-bond acceptors (Lipinski definition) is 4. The lowest BCUT2D eigenvalue weighted by Gasteiger charge is -2.21. The van der Waals surface area contributed by atoms with Gasteiger partial charge in [-0.15, -0.1) is 11.3 Å². The van der Waals surface area contributed by atoms with E-state index in [2.05, 4.69) is 21.8 Å². The van der Waals surface area contributed by atoms with Gasteiger partial charge >= 0.3 is 0 Å². The molecule has 0 spiro atoms. The second-order valence-electron chi connectivity index (χ2n) is 2.80. The summed E-state index contributed by atoms with van der Waals surface area (Å²) in [5, 5.41) is 1.04. The Morgan fingerprint density at radius 2 is 2.47 bits per heavy atom. The summed E-state index contributed by atoms with van der Waals surface area (Å²) in [7, 11) is 1.81. The molecule has 0 amide bonds. The summed E-state index contributed by atoms with van der Waals surface area (Å²) in [5.41, 5.74) is 0. The smallest absolute Gasteiger partial charge is 0.183 e. The Morgan fingerprint density at radius 1 is 1.73 bits per heavy atom. The Balaban J connectivity index is 2.69. The normalized spacial score (nSPS) is 11.9. The van der Waals surface area contributed by atoms with E-state index in [1.807, 2.05) is 19.5 Å². The van der Waals surface area contributed by atoms with Crippen molar-refractivity contribution >= 4 is 39.9 Å². The fourth-order valence-electron chi connectivity index (χ4n) is 1.22. The van der Waals surface area contributed by atoms with Crippen LogP contribution in [0.4, 0.5) is 0 Å². The largest absolute Gasteiger partial charge is 0.347 e. The van der Waals surface area contributed by atoms with Crippen LogP contribution in [0.2, 0.25) is 4.47 Å². The van der Waals surface area contributed by atoms with Gasteiger partial charge in [-0.25, -0.2) is 4.98 Å². The van der Waals surface area contributed by atoms with Crippen LogP contribution in [-0.4, -0.2) is 34.9 Å². The van der Waals surface area contributed by atoms with Crippen molar-refractivity contribution in [3.05, 3.63) is 15.5 Å². The summed E-state index contributed by atoms with van der Waals surface area (Å²) in [6.45, 7) is 3.88. The molecule has 0 aliphatic heterocycles. The van der Waals surface area contributed by atoms with Crippen LogP contribution in [0.15, 0.2) is 11.2 Å². The fraction of sp³-hybridized carbons (Fsp3) is 0.556. The number of nitrogens with zero attached hydrogens (tertiary/aromatic N) is 3. The molecule has 1 heterocycles. The maximum atomic E-state index is 5.79. The topological polar surface area (TPSA) is 28.5 Å². The van der Waals surface area contributed by atoms with Crippen molar-refractivity contribution in [1.82, 2.24) is 9.88 Å². The molecular weight excluding hydrogens is 250 g/mol. The van der Waals surface area contributed by atoms with Crippen molar-refractivity contribution in [1.29, 1.82) is 0 Å². The molecule has 1 aromatic heterocycles. The standard InChI is InChI=1S/C9H14ClN3S2/c1-4-13(9(11-2)14-3)6-7-5-12-8(10)15-7/h5H,4,6H2,1-3H3/b11-9-. The highest BCUT2D eigenvalue weighted by atomic mass is 35.5. The average Bonchev–Trinajstić information content (AvgIpc) is 2.64. The molecule has 0 saturated heterocycles. The van der Waals surface area contributed by atoms with E-state index in [1.54, 1.807) is 11.8 Å². The molecule has 15 heavy (non-hydrogen) atoms. The summed E-state index contributed by atoms with van der Waals surface area (Å²) in [6, 6.07) is 0. The second-order valence-corrected chi connectivity index (χ2v) is 5.27. The molecule has 3 nitrogen and oxygen atoms in total. The van der Waals surface area contributed by atoms with Crippen LogP contribution in [0.5, 0.6) is 0 Å². The maximum absolute atomic E-state index is 5.79. The van der Waals surface area contributed by atoms with Gasteiger partial charge in [0.2, 0.25) is 0 Å². The lowest BCUT2D eigenvalue weighted by atomic mass is 10.5. The van der Waals surface area contributed by atoms with E-state index >= 15 is 0 Å². The first-order valence-electron chi connectivity index (χ1n) is 4.57. The lowest BCUT2D eigenvalue weighted by molar-refractivity contribution is 0.447. The molecule has 0 unspecified atom stereocenters. The van der Waals surface area contributed by atoms with Gasteiger partial charge in [0.1, 0.15) is 0 Å². The number of thiazole rings is 1. The molecule has 0 atom stereocenters. The van der Waals surface area contributed by atoms with Gasteiger partial charge in [0.05, 0.1) is 6.54 Å². The predicted octanol–water partition coefficient (Wildman–Crippen LogP) is 2.97. The van der Waals surface area contributed by atoms with Gasteiger partial charge < -0.3 is 4.90 Å². The molecule has 1 aromatic rings. The van der Waals surface area contributed by atoms with E-state index in [1.165, 1.54) is 11.3 Å². The van der Waals surface area contributed by atoms with Crippen molar-refractivity contribution in [2.75, 3.05) is 19.8 Å². The van der Waals surface area contributed by atoms with Gasteiger partial charge in [0.25, 0.3) is 0 Å². The minimum absolute atomic E-state index is 0.597. The minimum Gasteiger partial charge on any atom is -0.347 e. The van der Waals surface area contributed by atoms with E-state index in [4.69, 9.17) is 11.6 Å². The van der Waals surface area contributed by atoms with Crippen molar-refractivity contribution in [3.63, 3.8) is 0 Å². The Morgan fingerprint density at radius 3 is 2.87 bits per heavy atom. The fourth-order valence-corrected chi connectivity index (χ4v) is 2.85. The van der Waals surface area contributed by atoms with Crippen LogP contribution in [0, 0.1) is 0 Å². The van der Waals surface area contributed by atoms with Gasteiger partial charge in [-0.1, -0.05) is 23.4 Å². The molecule has 0 N–H and O–H groups in total. The van der Waals surface area contributed by atoms with E-state index in [0.717, 1.165) is 23.1 Å². The zero-order chi connectivity index (χ0) is 11.3. The van der Waals surface area contributed by atoms with Crippen molar-refractivity contribution in [2.45, 2.75) is 13.5 Å². The zero-order valence-electron chi connectivity index (χ0n) is 9.03. The number of hydrogen-bond donors (Lipinski definition) is 0. The molecule has 0 aliphatic carbocycles. The Labute approximate surface area is 104 Å². The summed E-state index contributed by atoms with van der Waals surface area (Å²) in [5.74, 6) is 0. The highest BCUT2D eigenvalue weighted by Crippen LogP contribution is 2.20. The number of thioether (sulfide) groups is 1. The minimum atomic E-state index is 0.597. The van der Waals surface area contributed by atoms with Crippen molar-refractivity contribution < 1.29 is 0 Å². The first-order valence-corrected chi connectivity index (χ1v) is 6.99. The molecule has 0 aliphatic rings. The van der Waals surface area contributed by atoms with Gasteiger partial charge in [0, 0.05) is 24.7 Å². The number of aromatic nitrogens is 1. The highest BCUT2D eigenvalue weighted by Gasteiger charge is 2.10. The van der Waals surface area contributed by atoms with Gasteiger partial charge in [-0.3, -0.25) is 4.99 Å². The van der Waals surface area contributed by atoms with Gasteiger partial charge in [-0.2, -0.15) is 0 Å². The quantitative estimate of drug-likeness (QED) is 0.620. The third-order valence-electron chi connectivity index (χ3n) is 1.90. The summed E-state index contributed by atoms with van der Waals surface area (Å²) < 4.78 is 0.597. The monoisotopic (exact) mass is 263 g/mol. The summed E-state index contributed by atoms with van der Waals surface area (Å²) in [4.78, 5) is 11.6. The van der Waals surface area contributed by atoms with E-state index < -0.39 is 0 Å². The van der Waals surface area contributed by atoms with Crippen LogP contribution in [0.25, 0.3) is 0 Å². The van der Waals surface area contributed by atoms with Crippen molar-refractivity contribution in [2.24, 2.45) is 4.99 Å². The Bertz CT molecular complexity index is 338. The summed E-state index contributed by atoms with van der Waals surface area (Å²) >= 11 is 8.96. The van der Waals surface area contributed by atoms with E-state index in [9.17, 15) is 0 Å². The predicted molar refractivity (Wildman–Crippen MR) is 70.1 cm³/mol. The molecule has 1 rings (SSSR count). The van der Waals surface area contributed by atoms with Crippen LogP contribution >= 0.6 is 34.7 Å². The lowest BCUT2D eigenvalue weighted by Crippen LogP contribution is -2.27. The molecule has 0 radical (unpaired) electrons. The number of aliphatic imine (C=N–C) groups is 1. The molecule has 0 saturated carbocycles. The molecule has 84 valence electrons. The van der Waals surface area contributed by atoms with Gasteiger partial charge in [-0.05, 0) is 13.2 Å². The van der Waals surface area contributed by atoms with E-state index in [-0.39, 0.29) is 0 Å². The average molecular weight is 264 g/mol. The number of amidine groups is 1. The Kier molecular flexibility index (Phi) is 5.42. The molecule has 6 heteroatoms. The van der Waals surface area contributed by atoms with Crippen LogP contribution in [-0.2, 0) is 6.54 Å². The van der Waals surface area contributed by atoms with E-state index in [0.29, 0.717) is 4.47 Å². The van der Waals surface area contributed by atoms with Crippen LogP contribution in [0.1, 0.15) is 11.8 Å². The number of halogens is 1. The molecule has 0 fully saturated rings. The first kappa shape index (κ1) is 12.8. The third-order valence-corrected chi connectivity index (χ3v) is 3.80. The molecule has 0 bridgehead atoms. The first-order chi connectivity index (χ1) is 7.21. The zero-order valence-corrected chi connectivity index (χ0v) is 11.4. The SMILES string of the molecule is CCN(Cc1cnc(Cl)s1)/C(=N/C)SC. The van der Waals surface area contributed by atoms with Crippen LogP contribution < -0.4 is 0 Å². The summed E-state index contributed by atoms with van der Waals surface area (Å²) in [6.07, 6.45) is 3.86. The van der Waals surface area contributed by atoms with Crippen LogP contribution in [0.3, 0.4) is 0 Å². The third kappa shape index (κ3) is 3.66. The highest BCUT2D eigenvalue weighted by molar-refractivity contribution is 8.13. The molecule has 0 aromatic carbocycles. The van der Waals surface area contributed by atoms with Gasteiger partial charge in [0.15, 0.2) is 9.63 Å². The van der Waals surface area contributed by atoms with Crippen molar-refractivity contribution in [3.8, 4) is 0 Å². The second kappa shape index (κ2) is 6.35. The maximum Gasteiger partial charge on any atom is 0.183 e. The Hall–Kier alpha value is -0.260. The number of rotatable bonds is 3.